The van der Waals surface area contributed by atoms with Gasteiger partial charge in [-0.15, -0.1) is 0 Å². The van der Waals surface area contributed by atoms with Crippen LogP contribution >= 0.6 is 0 Å². The fraction of sp³-hybridized carbons (Fsp3) is 0.467. The second-order valence-corrected chi connectivity index (χ2v) is 5.73. The summed E-state index contributed by atoms with van der Waals surface area (Å²) in [6, 6.07) is 3.67. The van der Waals surface area contributed by atoms with Crippen molar-refractivity contribution in [2.75, 3.05) is 19.6 Å². The molecule has 2 saturated heterocycles. The zero-order valence-electron chi connectivity index (χ0n) is 12.3. The second-order valence-electron chi connectivity index (χ2n) is 5.73. The summed E-state index contributed by atoms with van der Waals surface area (Å²) in [5, 5.41) is 31.4. The van der Waals surface area contributed by atoms with Gasteiger partial charge in [0.25, 0.3) is 0 Å². The highest BCUT2D eigenvalue weighted by Crippen LogP contribution is 2.29. The van der Waals surface area contributed by atoms with Gasteiger partial charge in [-0.1, -0.05) is 6.07 Å². The van der Waals surface area contributed by atoms with Crippen LogP contribution < -0.4 is 10.1 Å². The molecular formula is C15H18N2O6. The number of aliphatic hydroxyl groups excluding tert-OH is 1. The summed E-state index contributed by atoms with van der Waals surface area (Å²) in [5.41, 5.74) is -0.287. The molecule has 2 aliphatic heterocycles. The van der Waals surface area contributed by atoms with Crippen LogP contribution in [0.15, 0.2) is 18.2 Å². The van der Waals surface area contributed by atoms with Gasteiger partial charge >= 0.3 is 5.97 Å². The van der Waals surface area contributed by atoms with Crippen LogP contribution in [-0.2, 0) is 4.79 Å². The minimum absolute atomic E-state index is 0.0774. The van der Waals surface area contributed by atoms with Crippen LogP contribution in [0.2, 0.25) is 0 Å². The Morgan fingerprint density at radius 2 is 2.04 bits per heavy atom. The first-order valence-corrected chi connectivity index (χ1v) is 7.39. The number of phenols is 1. The Hall–Kier alpha value is -2.32. The van der Waals surface area contributed by atoms with Crippen LogP contribution in [0.25, 0.3) is 0 Å². The highest BCUT2D eigenvalue weighted by atomic mass is 16.5. The predicted molar refractivity (Wildman–Crippen MR) is 78.5 cm³/mol. The number of benzene rings is 1. The molecule has 0 spiro atoms. The molecule has 0 aromatic heterocycles. The molecule has 8 nitrogen and oxygen atoms in total. The van der Waals surface area contributed by atoms with Gasteiger partial charge in [-0.3, -0.25) is 4.79 Å². The van der Waals surface area contributed by atoms with Crippen molar-refractivity contribution in [1.29, 1.82) is 0 Å². The topological polar surface area (TPSA) is 119 Å². The van der Waals surface area contributed by atoms with E-state index in [1.54, 1.807) is 4.90 Å². The number of rotatable bonds is 4. The summed E-state index contributed by atoms with van der Waals surface area (Å²) in [6.07, 6.45) is -0.459. The largest absolute Gasteiger partial charge is 0.507 e. The Kier molecular flexibility index (Phi) is 4.10. The third-order valence-corrected chi connectivity index (χ3v) is 4.13. The van der Waals surface area contributed by atoms with E-state index in [0.717, 1.165) is 0 Å². The normalized spacial score (nSPS) is 24.3. The highest BCUT2D eigenvalue weighted by molar-refractivity contribution is 5.94. The number of aromatic hydroxyl groups is 1. The van der Waals surface area contributed by atoms with Gasteiger partial charge in [0.2, 0.25) is 5.91 Å². The Morgan fingerprint density at radius 3 is 2.65 bits per heavy atom. The van der Waals surface area contributed by atoms with Crippen molar-refractivity contribution in [3.05, 3.63) is 23.8 Å². The predicted octanol–water partition coefficient (Wildman–Crippen LogP) is -0.597. The van der Waals surface area contributed by atoms with Crippen LogP contribution in [0.5, 0.6) is 11.5 Å². The summed E-state index contributed by atoms with van der Waals surface area (Å²) in [4.78, 5) is 24.9. The zero-order chi connectivity index (χ0) is 16.6. The molecule has 8 heteroatoms. The first-order valence-electron chi connectivity index (χ1n) is 7.39. The van der Waals surface area contributed by atoms with Crippen LogP contribution in [0.4, 0.5) is 0 Å². The Morgan fingerprint density at radius 1 is 1.30 bits per heavy atom. The number of ether oxygens (including phenoxy) is 1. The first kappa shape index (κ1) is 15.6. The van der Waals surface area contributed by atoms with Crippen molar-refractivity contribution in [2.24, 2.45) is 0 Å². The van der Waals surface area contributed by atoms with E-state index in [1.807, 2.05) is 0 Å². The number of carboxylic acid groups (broad SMARTS) is 1. The standard InChI is InChI=1S/C15H18N2O6/c18-9-2-1-3-11(12(9)15(21)22)23-8-6-17(7-8)14(20)13-10(19)4-5-16-13/h1-3,8,10,13,16,18-19H,4-7H2,(H,21,22)/t10-,13+/m1/s1. The Labute approximate surface area is 132 Å². The minimum atomic E-state index is -1.27. The molecule has 2 fully saturated rings. The number of nitrogens with one attached hydrogen (secondary N) is 1. The van der Waals surface area contributed by atoms with Crippen molar-refractivity contribution in [2.45, 2.75) is 24.7 Å². The van der Waals surface area contributed by atoms with E-state index in [2.05, 4.69) is 5.32 Å². The van der Waals surface area contributed by atoms with Gasteiger partial charge in [0.15, 0.2) is 0 Å². The highest BCUT2D eigenvalue weighted by Gasteiger charge is 2.40. The molecule has 0 bridgehead atoms. The molecule has 3 rings (SSSR count). The lowest BCUT2D eigenvalue weighted by Gasteiger charge is -2.40. The van der Waals surface area contributed by atoms with Crippen LogP contribution in [0, 0.1) is 0 Å². The van der Waals surface area contributed by atoms with Gasteiger partial charge in [0.05, 0.1) is 19.2 Å². The molecule has 0 saturated carbocycles. The van der Waals surface area contributed by atoms with Crippen molar-refractivity contribution >= 4 is 11.9 Å². The second kappa shape index (κ2) is 6.05. The molecule has 2 atom stereocenters. The lowest BCUT2D eigenvalue weighted by molar-refractivity contribution is -0.144. The third-order valence-electron chi connectivity index (χ3n) is 4.13. The van der Waals surface area contributed by atoms with Crippen LogP contribution in [-0.4, -0.2) is 70.0 Å². The van der Waals surface area contributed by atoms with Gasteiger partial charge in [0.1, 0.15) is 29.2 Å². The maximum atomic E-state index is 12.2. The lowest BCUT2D eigenvalue weighted by atomic mass is 10.1. The SMILES string of the molecule is O=C(O)c1c(O)cccc1OC1CN(C(=O)[C@H]2NCC[C@H]2O)C1. The average molecular weight is 322 g/mol. The maximum Gasteiger partial charge on any atom is 0.343 e. The number of hydrogen-bond donors (Lipinski definition) is 4. The molecule has 0 radical (unpaired) electrons. The average Bonchev–Trinajstić information content (AvgIpc) is 2.87. The number of carboxylic acids is 1. The van der Waals surface area contributed by atoms with Gasteiger partial charge in [0, 0.05) is 0 Å². The number of aliphatic hydroxyl groups is 1. The minimum Gasteiger partial charge on any atom is -0.507 e. The van der Waals surface area contributed by atoms with Crippen molar-refractivity contribution in [3.8, 4) is 11.5 Å². The van der Waals surface area contributed by atoms with Crippen molar-refractivity contribution < 1.29 is 29.6 Å². The molecule has 0 aliphatic carbocycles. The van der Waals surface area contributed by atoms with Crippen molar-refractivity contribution in [3.63, 3.8) is 0 Å². The van der Waals surface area contributed by atoms with Gasteiger partial charge < -0.3 is 30.3 Å². The summed E-state index contributed by atoms with van der Waals surface area (Å²) < 4.78 is 5.58. The summed E-state index contributed by atoms with van der Waals surface area (Å²) >= 11 is 0. The van der Waals surface area contributed by atoms with E-state index in [0.29, 0.717) is 26.1 Å². The van der Waals surface area contributed by atoms with E-state index in [1.165, 1.54) is 18.2 Å². The molecule has 124 valence electrons. The fourth-order valence-electron chi connectivity index (χ4n) is 2.84. The molecule has 1 aromatic carbocycles. The van der Waals surface area contributed by atoms with E-state index in [-0.39, 0.29) is 29.1 Å². The van der Waals surface area contributed by atoms with Crippen LogP contribution in [0.1, 0.15) is 16.8 Å². The number of carbonyl (C=O) groups is 2. The summed E-state index contributed by atoms with van der Waals surface area (Å²) in [5.74, 6) is -1.73. The fourth-order valence-corrected chi connectivity index (χ4v) is 2.84. The molecule has 4 N–H and O–H groups in total. The summed E-state index contributed by atoms with van der Waals surface area (Å²) in [7, 11) is 0. The first-order chi connectivity index (χ1) is 11.0. The number of likely N-dealkylation sites (tertiary alicyclic amines) is 1. The number of carbonyl (C=O) groups excluding carboxylic acids is 1. The quantitative estimate of drug-likeness (QED) is 0.584. The van der Waals surface area contributed by atoms with Crippen molar-refractivity contribution in [1.82, 2.24) is 10.2 Å². The zero-order valence-corrected chi connectivity index (χ0v) is 12.3. The molecule has 23 heavy (non-hydrogen) atoms. The number of amides is 1. The third kappa shape index (κ3) is 2.95. The molecule has 2 heterocycles. The van der Waals surface area contributed by atoms with E-state index >= 15 is 0 Å². The smallest absolute Gasteiger partial charge is 0.343 e. The molecule has 1 amide bonds. The number of hydrogen-bond acceptors (Lipinski definition) is 6. The Balaban J connectivity index is 1.60. The summed E-state index contributed by atoms with van der Waals surface area (Å²) in [6.45, 7) is 1.24. The van der Waals surface area contributed by atoms with E-state index in [9.17, 15) is 19.8 Å². The van der Waals surface area contributed by atoms with E-state index in [4.69, 9.17) is 9.84 Å². The lowest BCUT2D eigenvalue weighted by Crippen LogP contribution is -2.61. The van der Waals surface area contributed by atoms with Crippen LogP contribution in [0.3, 0.4) is 0 Å². The molecule has 2 aliphatic rings. The monoisotopic (exact) mass is 322 g/mol. The van der Waals surface area contributed by atoms with E-state index < -0.39 is 18.1 Å². The van der Waals surface area contributed by atoms with Gasteiger partial charge in [-0.05, 0) is 25.1 Å². The van der Waals surface area contributed by atoms with Gasteiger partial charge in [-0.25, -0.2) is 4.79 Å². The molecular weight excluding hydrogens is 304 g/mol. The maximum absolute atomic E-state index is 12.2. The molecule has 0 unspecified atom stereocenters. The number of aromatic carboxylic acids is 1. The molecule has 1 aromatic rings. The number of nitrogens with zero attached hydrogens (tertiary/aromatic N) is 1. The Bertz CT molecular complexity index is 628. The van der Waals surface area contributed by atoms with Gasteiger partial charge in [-0.2, -0.15) is 0 Å².